The number of nitrogens with zero attached hydrogens (tertiary/aromatic N) is 6. The topological polar surface area (TPSA) is 69.0 Å². The average Bonchev–Trinajstić information content (AvgIpc) is 3.51. The van der Waals surface area contributed by atoms with E-state index < -0.39 is 0 Å². The second-order valence-electron chi connectivity index (χ2n) is 10.0. The van der Waals surface area contributed by atoms with Crippen molar-refractivity contribution in [3.8, 4) is 16.9 Å². The van der Waals surface area contributed by atoms with Crippen LogP contribution in [0.4, 0.5) is 15.8 Å². The van der Waals surface area contributed by atoms with Crippen LogP contribution in [0.1, 0.15) is 18.2 Å². The SMILES string of the molecule is CC(=Nn1c(-c2ccccc2F)csc1=Nc1c(C)n(C)n(-c2ccccc2)c1=O)c1ccc(N2CCOCC2)cc1. The largest absolute Gasteiger partial charge is 0.378 e. The van der Waals surface area contributed by atoms with Gasteiger partial charge >= 0.3 is 0 Å². The average molecular weight is 583 g/mol. The highest BCUT2D eigenvalue weighted by molar-refractivity contribution is 7.07. The smallest absolute Gasteiger partial charge is 0.297 e. The molecule has 0 aliphatic carbocycles. The van der Waals surface area contributed by atoms with Crippen LogP contribution >= 0.6 is 11.3 Å². The van der Waals surface area contributed by atoms with E-state index in [9.17, 15) is 9.18 Å². The Morgan fingerprint density at radius 3 is 2.33 bits per heavy atom. The molecule has 42 heavy (non-hydrogen) atoms. The van der Waals surface area contributed by atoms with Crippen LogP contribution in [0.3, 0.4) is 0 Å². The van der Waals surface area contributed by atoms with Crippen LogP contribution in [0.25, 0.3) is 16.9 Å². The third-order valence-corrected chi connectivity index (χ3v) is 8.29. The lowest BCUT2D eigenvalue weighted by Crippen LogP contribution is -2.36. The molecule has 1 aliphatic rings. The summed E-state index contributed by atoms with van der Waals surface area (Å²) in [6, 6.07) is 24.3. The van der Waals surface area contributed by atoms with Gasteiger partial charge in [0.1, 0.15) is 5.82 Å². The Bertz CT molecular complexity index is 1880. The summed E-state index contributed by atoms with van der Waals surface area (Å²) in [7, 11) is 1.83. The van der Waals surface area contributed by atoms with Crippen molar-refractivity contribution in [3.63, 3.8) is 0 Å². The van der Waals surface area contributed by atoms with E-state index in [-0.39, 0.29) is 11.4 Å². The van der Waals surface area contributed by atoms with E-state index in [1.807, 2.05) is 68.7 Å². The molecule has 6 rings (SSSR count). The van der Waals surface area contributed by atoms with Crippen LogP contribution in [0.15, 0.2) is 99.1 Å². The Morgan fingerprint density at radius 2 is 1.62 bits per heavy atom. The molecule has 2 aromatic heterocycles. The third-order valence-electron chi connectivity index (χ3n) is 7.48. The number of benzene rings is 3. The number of thiazole rings is 1. The minimum absolute atomic E-state index is 0.243. The molecule has 0 bridgehead atoms. The highest BCUT2D eigenvalue weighted by Crippen LogP contribution is 2.25. The number of para-hydroxylation sites is 1. The fourth-order valence-corrected chi connectivity index (χ4v) is 5.88. The van der Waals surface area contributed by atoms with Crippen molar-refractivity contribution in [2.24, 2.45) is 17.1 Å². The summed E-state index contributed by atoms with van der Waals surface area (Å²) in [5, 5.41) is 6.75. The lowest BCUT2D eigenvalue weighted by Gasteiger charge is -2.28. The molecule has 1 saturated heterocycles. The molecule has 1 aliphatic heterocycles. The van der Waals surface area contributed by atoms with Gasteiger partial charge in [0.25, 0.3) is 5.56 Å². The van der Waals surface area contributed by atoms with Gasteiger partial charge < -0.3 is 9.64 Å². The molecule has 3 aromatic carbocycles. The van der Waals surface area contributed by atoms with Gasteiger partial charge in [-0.3, -0.25) is 9.48 Å². The molecular formula is C32H31FN6O2S. The first kappa shape index (κ1) is 27.6. The molecule has 10 heteroatoms. The van der Waals surface area contributed by atoms with E-state index in [0.29, 0.717) is 27.4 Å². The summed E-state index contributed by atoms with van der Waals surface area (Å²) in [5.74, 6) is -0.361. The van der Waals surface area contributed by atoms with Crippen molar-refractivity contribution in [2.45, 2.75) is 13.8 Å². The number of morpholine rings is 1. The summed E-state index contributed by atoms with van der Waals surface area (Å²) in [6.07, 6.45) is 0. The van der Waals surface area contributed by atoms with E-state index in [1.165, 1.54) is 17.4 Å². The van der Waals surface area contributed by atoms with Crippen molar-refractivity contribution >= 4 is 28.4 Å². The van der Waals surface area contributed by atoms with Crippen LogP contribution < -0.4 is 15.3 Å². The molecule has 0 saturated carbocycles. The van der Waals surface area contributed by atoms with Gasteiger partial charge in [0.2, 0.25) is 4.80 Å². The standard InChI is InChI=1S/C32H31FN6O2S/c1-22(24-13-15-25(16-14-24)37-17-19-41-20-18-37)35-38-29(27-11-7-8-12-28(27)33)21-42-32(38)34-30-23(2)36(3)39(31(30)40)26-9-5-4-6-10-26/h4-16,21H,17-20H2,1-3H3. The van der Waals surface area contributed by atoms with E-state index in [2.05, 4.69) is 17.0 Å². The highest BCUT2D eigenvalue weighted by Gasteiger charge is 2.18. The van der Waals surface area contributed by atoms with E-state index >= 15 is 0 Å². The molecule has 1 fully saturated rings. The normalized spacial score (nSPS) is 14.5. The van der Waals surface area contributed by atoms with Crippen LogP contribution in [0, 0.1) is 12.7 Å². The fourth-order valence-electron chi connectivity index (χ4n) is 5.05. The van der Waals surface area contributed by atoms with Crippen molar-refractivity contribution in [1.82, 2.24) is 14.0 Å². The third kappa shape index (κ3) is 5.26. The predicted octanol–water partition coefficient (Wildman–Crippen LogP) is 5.49. The van der Waals surface area contributed by atoms with Gasteiger partial charge in [-0.15, -0.1) is 11.3 Å². The monoisotopic (exact) mass is 582 g/mol. The number of rotatable bonds is 6. The van der Waals surface area contributed by atoms with Crippen molar-refractivity contribution in [1.29, 1.82) is 0 Å². The lowest BCUT2D eigenvalue weighted by atomic mass is 10.1. The zero-order chi connectivity index (χ0) is 29.2. The second-order valence-corrected chi connectivity index (χ2v) is 10.9. The number of ether oxygens (including phenoxy) is 1. The number of hydrogen-bond donors (Lipinski definition) is 0. The minimum Gasteiger partial charge on any atom is -0.378 e. The van der Waals surface area contributed by atoms with E-state index in [1.54, 1.807) is 32.2 Å². The molecule has 0 N–H and O–H groups in total. The highest BCUT2D eigenvalue weighted by atomic mass is 32.1. The molecule has 0 unspecified atom stereocenters. The van der Waals surface area contributed by atoms with Gasteiger partial charge in [0.15, 0.2) is 5.69 Å². The number of hydrogen-bond acceptors (Lipinski definition) is 6. The lowest BCUT2D eigenvalue weighted by molar-refractivity contribution is 0.122. The quantitative estimate of drug-likeness (QED) is 0.249. The zero-order valence-corrected chi connectivity index (χ0v) is 24.5. The molecular weight excluding hydrogens is 551 g/mol. The molecule has 0 amide bonds. The Balaban J connectivity index is 1.47. The van der Waals surface area contributed by atoms with Crippen molar-refractivity contribution in [3.05, 3.63) is 116 Å². The molecule has 8 nitrogen and oxygen atoms in total. The van der Waals surface area contributed by atoms with E-state index in [4.69, 9.17) is 14.8 Å². The summed E-state index contributed by atoms with van der Waals surface area (Å²) in [6.45, 7) is 6.94. The van der Waals surface area contributed by atoms with Crippen LogP contribution in [-0.4, -0.2) is 46.1 Å². The Morgan fingerprint density at radius 1 is 0.929 bits per heavy atom. The molecule has 3 heterocycles. The maximum absolute atomic E-state index is 15.0. The maximum atomic E-state index is 15.0. The van der Waals surface area contributed by atoms with Crippen LogP contribution in [0.2, 0.25) is 0 Å². The minimum atomic E-state index is -0.361. The van der Waals surface area contributed by atoms with Crippen molar-refractivity contribution < 1.29 is 9.13 Å². The van der Waals surface area contributed by atoms with Crippen LogP contribution in [-0.2, 0) is 11.8 Å². The van der Waals surface area contributed by atoms with Gasteiger partial charge in [0, 0.05) is 36.8 Å². The maximum Gasteiger partial charge on any atom is 0.297 e. The number of aromatic nitrogens is 3. The Kier molecular flexibility index (Phi) is 7.73. The Labute approximate surface area is 246 Å². The molecule has 5 aromatic rings. The Hall–Kier alpha value is -4.54. The van der Waals surface area contributed by atoms with Gasteiger partial charge in [-0.05, 0) is 55.8 Å². The summed E-state index contributed by atoms with van der Waals surface area (Å²) < 4.78 is 25.5. The molecule has 0 spiro atoms. The van der Waals surface area contributed by atoms with Crippen LogP contribution in [0.5, 0.6) is 0 Å². The van der Waals surface area contributed by atoms with Crippen molar-refractivity contribution in [2.75, 3.05) is 31.2 Å². The molecule has 0 atom stereocenters. The van der Waals surface area contributed by atoms with E-state index in [0.717, 1.165) is 49.0 Å². The fraction of sp³-hybridized carbons (Fsp3) is 0.219. The summed E-state index contributed by atoms with van der Waals surface area (Å²) in [5.41, 5.74) is 5.26. The van der Waals surface area contributed by atoms with Gasteiger partial charge in [-0.1, -0.05) is 42.5 Å². The predicted molar refractivity (Wildman–Crippen MR) is 166 cm³/mol. The number of halogens is 1. The first-order valence-corrected chi connectivity index (χ1v) is 14.6. The first-order valence-electron chi connectivity index (χ1n) is 13.8. The zero-order valence-electron chi connectivity index (χ0n) is 23.7. The summed E-state index contributed by atoms with van der Waals surface area (Å²) >= 11 is 1.31. The summed E-state index contributed by atoms with van der Waals surface area (Å²) in [4.78, 5) is 21.2. The molecule has 0 radical (unpaired) electrons. The van der Waals surface area contributed by atoms with Gasteiger partial charge in [0.05, 0.1) is 36.0 Å². The molecule has 214 valence electrons. The van der Waals surface area contributed by atoms with Gasteiger partial charge in [-0.2, -0.15) is 5.10 Å². The number of anilines is 1. The second kappa shape index (κ2) is 11.8. The van der Waals surface area contributed by atoms with Gasteiger partial charge in [-0.25, -0.2) is 18.7 Å². The first-order chi connectivity index (χ1) is 20.4.